The van der Waals surface area contributed by atoms with Gasteiger partial charge in [0.25, 0.3) is 5.60 Å². The number of alkyl halides is 6. The third-order valence-corrected chi connectivity index (χ3v) is 6.02. The molecule has 0 aliphatic heterocycles. The number of aliphatic hydroxyl groups is 1. The molecule has 1 aromatic carbocycles. The van der Waals surface area contributed by atoms with E-state index >= 15 is 0 Å². The fourth-order valence-electron chi connectivity index (χ4n) is 2.18. The van der Waals surface area contributed by atoms with Crippen molar-refractivity contribution in [3.63, 3.8) is 0 Å². The molecule has 1 aromatic rings. The zero-order valence-electron chi connectivity index (χ0n) is 14.9. The number of rotatable bonds is 7. The fourth-order valence-corrected chi connectivity index (χ4v) is 3.22. The summed E-state index contributed by atoms with van der Waals surface area (Å²) in [6, 6.07) is 5.49. The van der Waals surface area contributed by atoms with Crippen LogP contribution in [0.4, 0.5) is 26.3 Å². The molecule has 0 aliphatic carbocycles. The van der Waals surface area contributed by atoms with Crippen LogP contribution in [0.3, 0.4) is 0 Å². The van der Waals surface area contributed by atoms with Gasteiger partial charge in [-0.2, -0.15) is 26.3 Å². The Morgan fingerprint density at radius 2 is 1.41 bits per heavy atom. The third-order valence-electron chi connectivity index (χ3n) is 4.55. The molecule has 0 aromatic heterocycles. The molecule has 4 nitrogen and oxygen atoms in total. The summed E-state index contributed by atoms with van der Waals surface area (Å²) in [6.45, 7) is 4.56. The van der Waals surface area contributed by atoms with Gasteiger partial charge in [0.2, 0.25) is 10.0 Å². The summed E-state index contributed by atoms with van der Waals surface area (Å²) in [5.74, 6) is 0. The van der Waals surface area contributed by atoms with Crippen molar-refractivity contribution in [3.05, 3.63) is 29.8 Å². The van der Waals surface area contributed by atoms with Crippen LogP contribution in [0.15, 0.2) is 29.2 Å². The van der Waals surface area contributed by atoms with Crippen LogP contribution in [-0.4, -0.2) is 38.0 Å². The molecule has 0 radical (unpaired) electrons. The molecule has 0 saturated carbocycles. The second-order valence-electron chi connectivity index (χ2n) is 6.77. The van der Waals surface area contributed by atoms with Gasteiger partial charge in [0.05, 0.1) is 4.90 Å². The highest BCUT2D eigenvalue weighted by molar-refractivity contribution is 7.89. The van der Waals surface area contributed by atoms with Crippen molar-refractivity contribution in [2.24, 2.45) is 0 Å². The highest BCUT2D eigenvalue weighted by atomic mass is 32.2. The lowest BCUT2D eigenvalue weighted by atomic mass is 9.82. The van der Waals surface area contributed by atoms with Crippen molar-refractivity contribution in [1.82, 2.24) is 4.72 Å². The van der Waals surface area contributed by atoms with E-state index in [1.54, 1.807) is 4.72 Å². The van der Waals surface area contributed by atoms with Gasteiger partial charge in [0, 0.05) is 13.0 Å². The largest absolute Gasteiger partial charge is 0.426 e. The van der Waals surface area contributed by atoms with E-state index in [4.69, 9.17) is 5.11 Å². The molecule has 0 spiro atoms. The van der Waals surface area contributed by atoms with Crippen LogP contribution in [0, 0.1) is 0 Å². The highest BCUT2D eigenvalue weighted by Gasteiger charge is 2.69. The zero-order chi connectivity index (χ0) is 21.3. The minimum atomic E-state index is -6.00. The van der Waals surface area contributed by atoms with E-state index < -0.39 is 40.9 Å². The van der Waals surface area contributed by atoms with Gasteiger partial charge in [-0.3, -0.25) is 0 Å². The normalized spacial score (nSPS) is 14.4. The maximum absolute atomic E-state index is 12.6. The van der Waals surface area contributed by atoms with E-state index in [1.165, 1.54) is 24.3 Å². The Morgan fingerprint density at radius 1 is 0.963 bits per heavy atom. The first-order valence-electron chi connectivity index (χ1n) is 7.94. The van der Waals surface area contributed by atoms with Gasteiger partial charge in [0.1, 0.15) is 0 Å². The lowest BCUT2D eigenvalue weighted by Crippen LogP contribution is -2.58. The molecular formula is C16H21F6NO3S. The molecule has 0 unspecified atom stereocenters. The van der Waals surface area contributed by atoms with E-state index in [0.717, 1.165) is 12.0 Å². The third kappa shape index (κ3) is 5.14. The van der Waals surface area contributed by atoms with E-state index in [1.807, 2.05) is 20.8 Å². The molecular weight excluding hydrogens is 400 g/mol. The maximum Gasteiger partial charge on any atom is 0.426 e. The predicted octanol–water partition coefficient (Wildman–Crippen LogP) is 3.90. The minimum absolute atomic E-state index is 0.231. The number of halogens is 6. The van der Waals surface area contributed by atoms with Crippen molar-refractivity contribution < 1.29 is 39.9 Å². The number of hydrogen-bond donors (Lipinski definition) is 2. The molecule has 0 atom stereocenters. The lowest BCUT2D eigenvalue weighted by molar-refractivity contribution is -0.369. The predicted molar refractivity (Wildman–Crippen MR) is 86.6 cm³/mol. The first-order chi connectivity index (χ1) is 12.0. The Bertz CT molecular complexity index is 725. The Balaban J connectivity index is 2.93. The van der Waals surface area contributed by atoms with Gasteiger partial charge in [-0.1, -0.05) is 32.9 Å². The van der Waals surface area contributed by atoms with Crippen molar-refractivity contribution in [2.45, 2.75) is 61.9 Å². The van der Waals surface area contributed by atoms with Crippen LogP contribution >= 0.6 is 0 Å². The summed E-state index contributed by atoms with van der Waals surface area (Å²) >= 11 is 0. The van der Waals surface area contributed by atoms with Gasteiger partial charge < -0.3 is 5.11 Å². The monoisotopic (exact) mass is 421 g/mol. The Hall–Kier alpha value is -1.33. The SMILES string of the molecule is CCC(C)(C)c1ccc(S(=O)(=O)NCCC(O)(C(F)(F)F)C(F)(F)F)cc1. The van der Waals surface area contributed by atoms with Crippen molar-refractivity contribution >= 4 is 10.0 Å². The topological polar surface area (TPSA) is 66.4 Å². The maximum atomic E-state index is 12.6. The number of hydrogen-bond acceptors (Lipinski definition) is 3. The Kier molecular flexibility index (Phi) is 6.67. The second-order valence-corrected chi connectivity index (χ2v) is 8.53. The zero-order valence-corrected chi connectivity index (χ0v) is 15.7. The minimum Gasteiger partial charge on any atom is -0.374 e. The molecule has 0 fully saturated rings. The average Bonchev–Trinajstić information content (AvgIpc) is 2.52. The number of nitrogens with one attached hydrogen (secondary N) is 1. The van der Waals surface area contributed by atoms with E-state index in [0.29, 0.717) is 0 Å². The summed E-state index contributed by atoms with van der Waals surface area (Å²) < 4.78 is 101. The molecule has 156 valence electrons. The van der Waals surface area contributed by atoms with Crippen molar-refractivity contribution in [1.29, 1.82) is 0 Å². The molecule has 2 N–H and O–H groups in total. The molecule has 27 heavy (non-hydrogen) atoms. The van der Waals surface area contributed by atoms with E-state index in [9.17, 15) is 34.8 Å². The second kappa shape index (κ2) is 7.59. The van der Waals surface area contributed by atoms with E-state index in [-0.39, 0.29) is 10.3 Å². The van der Waals surface area contributed by atoms with Crippen LogP contribution < -0.4 is 4.72 Å². The quantitative estimate of drug-likeness (QED) is 0.657. The first kappa shape index (κ1) is 23.7. The molecule has 1 rings (SSSR count). The highest BCUT2D eigenvalue weighted by Crippen LogP contribution is 2.45. The van der Waals surface area contributed by atoms with Gasteiger partial charge in [-0.15, -0.1) is 0 Å². The van der Waals surface area contributed by atoms with Gasteiger partial charge in [-0.25, -0.2) is 13.1 Å². The van der Waals surface area contributed by atoms with Gasteiger partial charge in [0.15, 0.2) is 0 Å². The van der Waals surface area contributed by atoms with Crippen LogP contribution in [0.25, 0.3) is 0 Å². The molecule has 0 aliphatic rings. The molecule has 0 amide bonds. The van der Waals surface area contributed by atoms with Crippen molar-refractivity contribution in [3.8, 4) is 0 Å². The lowest BCUT2D eigenvalue weighted by Gasteiger charge is -2.32. The molecule has 11 heteroatoms. The summed E-state index contributed by atoms with van der Waals surface area (Å²) in [5, 5.41) is 9.02. The van der Waals surface area contributed by atoms with E-state index in [2.05, 4.69) is 0 Å². The molecule has 0 heterocycles. The fraction of sp³-hybridized carbons (Fsp3) is 0.625. The summed E-state index contributed by atoms with van der Waals surface area (Å²) in [6.07, 6.45) is -13.1. The van der Waals surface area contributed by atoms with Crippen LogP contribution in [0.5, 0.6) is 0 Å². The van der Waals surface area contributed by atoms with Crippen molar-refractivity contribution in [2.75, 3.05) is 6.54 Å². The molecule has 0 saturated heterocycles. The summed E-state index contributed by atoms with van der Waals surface area (Å²) in [5.41, 5.74) is -4.41. The van der Waals surface area contributed by atoms with Crippen LogP contribution in [0.2, 0.25) is 0 Å². The average molecular weight is 421 g/mol. The van der Waals surface area contributed by atoms with Crippen LogP contribution in [-0.2, 0) is 15.4 Å². The molecule has 0 bridgehead atoms. The standard InChI is InChI=1S/C16H21F6NO3S/c1-4-13(2,3)11-5-7-12(8-6-11)27(25,26)23-10-9-14(24,15(17,18)19)16(20,21)22/h5-8,23-24H,4,9-10H2,1-3H3. The summed E-state index contributed by atoms with van der Waals surface area (Å²) in [4.78, 5) is -0.305. The Labute approximate surface area is 153 Å². The summed E-state index contributed by atoms with van der Waals surface area (Å²) in [7, 11) is -4.34. The van der Waals surface area contributed by atoms with Crippen LogP contribution in [0.1, 0.15) is 39.2 Å². The number of benzene rings is 1. The number of sulfonamides is 1. The van der Waals surface area contributed by atoms with Gasteiger partial charge >= 0.3 is 12.4 Å². The first-order valence-corrected chi connectivity index (χ1v) is 9.42. The van der Waals surface area contributed by atoms with Gasteiger partial charge in [-0.05, 0) is 29.5 Å². The smallest absolute Gasteiger partial charge is 0.374 e. The Morgan fingerprint density at radius 3 is 1.78 bits per heavy atom.